The molecule has 144 valence electrons. The molecule has 28 heavy (non-hydrogen) atoms. The topological polar surface area (TPSA) is 17.0 Å². The van der Waals surface area contributed by atoms with Gasteiger partial charge in [-0.15, -0.1) is 0 Å². The lowest BCUT2D eigenvalue weighted by molar-refractivity contribution is 0.931. The van der Waals surface area contributed by atoms with Crippen molar-refractivity contribution in [3.05, 3.63) is 108 Å². The van der Waals surface area contributed by atoms with Gasteiger partial charge in [0.15, 0.2) is 0 Å². The zero-order valence-electron chi connectivity index (χ0n) is 17.2. The molecule has 1 aromatic heterocycles. The van der Waals surface area contributed by atoms with Crippen LogP contribution >= 0.6 is 0 Å². The van der Waals surface area contributed by atoms with Gasteiger partial charge in [0.05, 0.1) is 10.9 Å². The molecule has 0 aliphatic carbocycles. The van der Waals surface area contributed by atoms with Crippen molar-refractivity contribution in [2.24, 2.45) is 0 Å². The fourth-order valence-electron chi connectivity index (χ4n) is 3.20. The third-order valence-corrected chi connectivity index (χ3v) is 4.45. The zero-order valence-corrected chi connectivity index (χ0v) is 17.2. The molecule has 0 amide bonds. The first-order chi connectivity index (χ1) is 13.7. The van der Waals surface area contributed by atoms with Crippen LogP contribution in [0.25, 0.3) is 23.1 Å². The Morgan fingerprint density at radius 3 is 2.54 bits per heavy atom. The van der Waals surface area contributed by atoms with E-state index >= 15 is 0 Å². The molecule has 0 radical (unpaired) electrons. The van der Waals surface area contributed by atoms with E-state index in [2.05, 4.69) is 77.9 Å². The van der Waals surface area contributed by atoms with Gasteiger partial charge in [0, 0.05) is 17.7 Å². The van der Waals surface area contributed by atoms with E-state index in [1.165, 1.54) is 16.2 Å². The van der Waals surface area contributed by atoms with E-state index in [0.717, 1.165) is 22.9 Å². The van der Waals surface area contributed by atoms with E-state index < -0.39 is 0 Å². The van der Waals surface area contributed by atoms with E-state index in [-0.39, 0.29) is 0 Å². The zero-order chi connectivity index (χ0) is 20.4. The van der Waals surface area contributed by atoms with Crippen LogP contribution in [0.15, 0.2) is 97.2 Å². The highest BCUT2D eigenvalue weighted by Crippen LogP contribution is 2.10. The van der Waals surface area contributed by atoms with Crippen LogP contribution in [0.1, 0.15) is 20.3 Å². The molecule has 0 unspecified atom stereocenters. The predicted octanol–water partition coefficient (Wildman–Crippen LogP) is 5.14. The summed E-state index contributed by atoms with van der Waals surface area (Å²) in [6.45, 7) is 11.8. The Labute approximate surface area is 168 Å². The first-order valence-corrected chi connectivity index (χ1v) is 9.59. The summed E-state index contributed by atoms with van der Waals surface area (Å²) in [5.74, 6) is 0. The van der Waals surface area contributed by atoms with E-state index in [1.807, 2.05) is 51.3 Å². The van der Waals surface area contributed by atoms with Crippen molar-refractivity contribution in [2.45, 2.75) is 20.3 Å². The average Bonchev–Trinajstić information content (AvgIpc) is 3.02. The van der Waals surface area contributed by atoms with E-state index in [9.17, 15) is 0 Å². The molecular weight excluding hydrogens is 340 g/mol. The molecule has 0 saturated heterocycles. The first kappa shape index (κ1) is 21.0. The molecule has 0 bridgehead atoms. The Bertz CT molecular complexity index is 1070. The second kappa shape index (κ2) is 10.8. The second-order valence-electron chi connectivity index (χ2n) is 6.30. The van der Waals surface area contributed by atoms with Crippen molar-refractivity contribution >= 4 is 23.1 Å². The smallest absolute Gasteiger partial charge is 0.0705 e. The van der Waals surface area contributed by atoms with E-state index in [4.69, 9.17) is 0 Å². The lowest BCUT2D eigenvalue weighted by Crippen LogP contribution is -2.33. The highest BCUT2D eigenvalue weighted by atomic mass is 15.4. The summed E-state index contributed by atoms with van der Waals surface area (Å²) in [6.07, 6.45) is 21.3. The van der Waals surface area contributed by atoms with Crippen LogP contribution in [-0.2, 0) is 0 Å². The summed E-state index contributed by atoms with van der Waals surface area (Å²) in [7, 11) is 1.95. The Kier molecular flexibility index (Phi) is 8.11. The lowest BCUT2D eigenvalue weighted by Gasteiger charge is -2.04. The minimum Gasteiger partial charge on any atom is -0.328 e. The Hall–Kier alpha value is -3.26. The van der Waals surface area contributed by atoms with Crippen molar-refractivity contribution in [3.63, 3.8) is 0 Å². The van der Waals surface area contributed by atoms with Gasteiger partial charge >= 0.3 is 0 Å². The van der Waals surface area contributed by atoms with E-state index in [0.29, 0.717) is 0 Å². The fourth-order valence-corrected chi connectivity index (χ4v) is 3.20. The Morgan fingerprint density at radius 1 is 1.11 bits per heavy atom. The molecule has 0 fully saturated rings. The molecule has 0 atom stereocenters. The number of nitrogens with one attached hydrogen (secondary N) is 1. The Morgan fingerprint density at radius 2 is 1.89 bits per heavy atom. The number of rotatable bonds is 8. The number of nitrogens with zero attached hydrogens (tertiary/aromatic N) is 1. The fraction of sp³-hybridized carbons (Fsp3) is 0.154. The number of benzene rings is 1. The average molecular weight is 371 g/mol. The summed E-state index contributed by atoms with van der Waals surface area (Å²) in [6, 6.07) is 8.44. The van der Waals surface area contributed by atoms with Crippen LogP contribution in [-0.4, -0.2) is 11.7 Å². The van der Waals surface area contributed by atoms with Crippen molar-refractivity contribution in [1.29, 1.82) is 0 Å². The number of fused-ring (bicyclic) bond motifs is 1. The monoisotopic (exact) mass is 370 g/mol. The Balaban J connectivity index is 2.83. The van der Waals surface area contributed by atoms with Crippen LogP contribution in [0.4, 0.5) is 0 Å². The standard InChI is InChI=1S/C26H30N2/c1-6-10-15-21(9-4)20-24-23-16-11-12-17-25(23)28(27-5)26(24)19-18-22(13-7-2)14-8-3/h6-17,19-20,27H,2,4,18H2,1,3,5H3/b10-6-,14-8-,21-15+,22-13+,24-20-,26-19-. The normalized spacial score (nSPS) is 14.5. The van der Waals surface area contributed by atoms with Crippen molar-refractivity contribution in [2.75, 3.05) is 12.5 Å². The number of hydrogen-bond acceptors (Lipinski definition) is 1. The van der Waals surface area contributed by atoms with Gasteiger partial charge in [-0.2, -0.15) is 0 Å². The molecule has 1 heterocycles. The maximum atomic E-state index is 3.97. The number of para-hydroxylation sites is 1. The molecule has 2 aromatic rings. The van der Waals surface area contributed by atoms with Gasteiger partial charge in [0.1, 0.15) is 0 Å². The van der Waals surface area contributed by atoms with Gasteiger partial charge in [-0.25, -0.2) is 0 Å². The van der Waals surface area contributed by atoms with Crippen LogP contribution in [0.3, 0.4) is 0 Å². The summed E-state index contributed by atoms with van der Waals surface area (Å²) in [4.78, 5) is 0. The third-order valence-electron chi connectivity index (χ3n) is 4.45. The summed E-state index contributed by atoms with van der Waals surface area (Å²) >= 11 is 0. The van der Waals surface area contributed by atoms with Gasteiger partial charge in [-0.3, -0.25) is 4.68 Å². The maximum absolute atomic E-state index is 3.97. The summed E-state index contributed by atoms with van der Waals surface area (Å²) in [5, 5.41) is 3.52. The number of aromatic nitrogens is 1. The minimum atomic E-state index is 0.817. The molecule has 0 aliphatic heterocycles. The molecule has 2 rings (SSSR count). The largest absolute Gasteiger partial charge is 0.328 e. The van der Waals surface area contributed by atoms with E-state index in [1.54, 1.807) is 0 Å². The van der Waals surface area contributed by atoms with Crippen molar-refractivity contribution in [3.8, 4) is 0 Å². The van der Waals surface area contributed by atoms with Gasteiger partial charge in [-0.1, -0.05) is 86.0 Å². The van der Waals surface area contributed by atoms with Crippen molar-refractivity contribution in [1.82, 2.24) is 4.68 Å². The molecule has 0 spiro atoms. The van der Waals surface area contributed by atoms with Crippen LogP contribution < -0.4 is 16.0 Å². The molecular formula is C26H30N2. The van der Waals surface area contributed by atoms with Crippen LogP contribution in [0, 0.1) is 0 Å². The predicted molar refractivity (Wildman–Crippen MR) is 126 cm³/mol. The van der Waals surface area contributed by atoms with Crippen LogP contribution in [0.2, 0.25) is 0 Å². The molecule has 2 nitrogen and oxygen atoms in total. The highest BCUT2D eigenvalue weighted by molar-refractivity contribution is 5.83. The molecule has 0 saturated carbocycles. The summed E-state index contributed by atoms with van der Waals surface area (Å²) < 4.78 is 2.14. The lowest BCUT2D eigenvalue weighted by atomic mass is 10.1. The summed E-state index contributed by atoms with van der Waals surface area (Å²) in [5.41, 5.74) is 6.76. The quantitative estimate of drug-likeness (QED) is 0.637. The molecule has 1 N–H and O–H groups in total. The first-order valence-electron chi connectivity index (χ1n) is 9.59. The SMILES string of the molecule is C=C/C=C(\C=C/C)C/C=c1/c(=C\C(C=C)=C\C=C/C)c2ccccc2n1NC. The minimum absolute atomic E-state index is 0.817. The van der Waals surface area contributed by atoms with Gasteiger partial charge in [0.25, 0.3) is 0 Å². The highest BCUT2D eigenvalue weighted by Gasteiger charge is 2.06. The number of hydrogen-bond donors (Lipinski definition) is 1. The molecule has 2 heteroatoms. The second-order valence-corrected chi connectivity index (χ2v) is 6.30. The van der Waals surface area contributed by atoms with Gasteiger partial charge < -0.3 is 5.43 Å². The van der Waals surface area contributed by atoms with Gasteiger partial charge in [-0.05, 0) is 43.6 Å². The molecule has 1 aromatic carbocycles. The third kappa shape index (κ3) is 4.92. The maximum Gasteiger partial charge on any atom is 0.0705 e. The van der Waals surface area contributed by atoms with Crippen LogP contribution in [0.5, 0.6) is 0 Å². The molecule has 0 aliphatic rings. The number of allylic oxidation sites excluding steroid dienone is 10. The van der Waals surface area contributed by atoms with Gasteiger partial charge in [0.2, 0.25) is 0 Å². The van der Waals surface area contributed by atoms with Crippen molar-refractivity contribution < 1.29 is 0 Å².